The average molecular weight is 715 g/mol. The van der Waals surface area contributed by atoms with E-state index in [1.165, 1.54) is 98.3 Å². The van der Waals surface area contributed by atoms with Gasteiger partial charge in [-0.25, -0.2) is 0 Å². The predicted octanol–water partition coefficient (Wildman–Crippen LogP) is 9.25. The van der Waals surface area contributed by atoms with Crippen LogP contribution < -0.4 is 0 Å². The molecule has 5 fully saturated rings. The van der Waals surface area contributed by atoms with E-state index >= 15 is 0 Å². The van der Waals surface area contributed by atoms with Crippen LogP contribution >= 0.6 is 0 Å². The molecule has 51 heavy (non-hydrogen) atoms. The number of hydrogen-bond acceptors (Lipinski definition) is 8. The first kappa shape index (κ1) is 40.1. The molecule has 0 spiro atoms. The first-order chi connectivity index (χ1) is 23.7. The minimum absolute atomic E-state index is 0.305. The molecule has 5 aliphatic carbocycles. The summed E-state index contributed by atoms with van der Waals surface area (Å²) in [7, 11) is 0. The normalized spacial score (nSPS) is 40.5. The summed E-state index contributed by atoms with van der Waals surface area (Å²) < 4.78 is 22.1. The van der Waals surface area contributed by atoms with Gasteiger partial charge in [0.05, 0.1) is 0 Å². The number of rotatable bonds is 11. The largest absolute Gasteiger partial charge is 0.462 e. The molecule has 0 saturated heterocycles. The Hall–Kier alpha value is -2.12. The van der Waals surface area contributed by atoms with Gasteiger partial charge in [0.1, 0.15) is 12.7 Å². The van der Waals surface area contributed by atoms with Gasteiger partial charge < -0.3 is 18.9 Å². The standard InChI is InChI=1S/C43H70O8/c1-26(13-14-33(49-28(3)45)38(51-30(5)47)34(50-29(4)46)25-48-27(2)44)31-17-22-40(8)32(31)18-23-42(10)36(40)15-16-37-41(9)21-12-20-39(6,7)35(41)19-24-43(37,42)11/h26,31-38H,12-25H2,1-11H3/t26-,31-,32-,33+,34-,35+,36-,37-,38+,40+,41+,42-,43-/m1/s1. The van der Waals surface area contributed by atoms with Crippen molar-refractivity contribution in [3.05, 3.63) is 0 Å². The number of fused-ring (bicyclic) bond motifs is 7. The lowest BCUT2D eigenvalue weighted by molar-refractivity contribution is -0.241. The highest BCUT2D eigenvalue weighted by Gasteiger charge is 2.70. The van der Waals surface area contributed by atoms with Gasteiger partial charge in [0, 0.05) is 27.7 Å². The molecule has 290 valence electrons. The van der Waals surface area contributed by atoms with Crippen molar-refractivity contribution in [2.75, 3.05) is 6.61 Å². The van der Waals surface area contributed by atoms with Gasteiger partial charge in [-0.2, -0.15) is 0 Å². The van der Waals surface area contributed by atoms with E-state index in [0.717, 1.165) is 24.2 Å². The van der Waals surface area contributed by atoms with Crippen LogP contribution in [0.3, 0.4) is 0 Å². The van der Waals surface area contributed by atoms with Crippen LogP contribution in [0.2, 0.25) is 0 Å². The molecule has 0 bridgehead atoms. The molecule has 0 aromatic carbocycles. The van der Waals surface area contributed by atoms with Crippen LogP contribution in [-0.4, -0.2) is 48.8 Å². The zero-order valence-electron chi connectivity index (χ0n) is 33.9. The molecule has 0 aromatic rings. The third-order valence-corrected chi connectivity index (χ3v) is 16.5. The molecule has 5 saturated carbocycles. The molecule has 0 N–H and O–H groups in total. The molecule has 13 atom stereocenters. The summed E-state index contributed by atoms with van der Waals surface area (Å²) in [5, 5.41) is 0. The molecule has 0 heterocycles. The van der Waals surface area contributed by atoms with E-state index in [-0.39, 0.29) is 6.61 Å². The Labute approximate surface area is 308 Å². The van der Waals surface area contributed by atoms with Crippen molar-refractivity contribution >= 4 is 23.9 Å². The number of carbonyl (C=O) groups excluding carboxylic acids is 4. The van der Waals surface area contributed by atoms with E-state index in [1.807, 2.05) is 0 Å². The molecule has 8 nitrogen and oxygen atoms in total. The van der Waals surface area contributed by atoms with Crippen molar-refractivity contribution in [2.24, 2.45) is 62.6 Å². The molecular weight excluding hydrogens is 644 g/mol. The zero-order valence-corrected chi connectivity index (χ0v) is 33.9. The fourth-order valence-electron chi connectivity index (χ4n) is 14.4. The molecule has 0 aliphatic heterocycles. The predicted molar refractivity (Wildman–Crippen MR) is 196 cm³/mol. The Kier molecular flexibility index (Phi) is 11.5. The highest BCUT2D eigenvalue weighted by molar-refractivity contribution is 5.68. The lowest BCUT2D eigenvalue weighted by Gasteiger charge is -2.73. The summed E-state index contributed by atoms with van der Waals surface area (Å²) in [6.45, 7) is 23.0. The number of carbonyl (C=O) groups is 4. The Morgan fingerprint density at radius 2 is 1.16 bits per heavy atom. The molecule has 0 radical (unpaired) electrons. The number of esters is 4. The maximum atomic E-state index is 12.4. The summed E-state index contributed by atoms with van der Waals surface area (Å²) >= 11 is 0. The van der Waals surface area contributed by atoms with Gasteiger partial charge in [0.15, 0.2) is 12.2 Å². The van der Waals surface area contributed by atoms with Crippen molar-refractivity contribution < 1.29 is 38.1 Å². The van der Waals surface area contributed by atoms with Crippen molar-refractivity contribution in [1.82, 2.24) is 0 Å². The lowest BCUT2D eigenvalue weighted by atomic mass is 9.32. The molecular formula is C43H70O8. The monoisotopic (exact) mass is 715 g/mol. The third-order valence-electron chi connectivity index (χ3n) is 16.5. The Morgan fingerprint density at radius 1 is 0.588 bits per heavy atom. The SMILES string of the molecule is CC(=O)OC[C@@H](OC(C)=O)[C@@H](OC(C)=O)[C@H](CC[C@@H](C)[C@H]1CC[C@@]2(C)[C@@H]1CC[C@]1(C)[C@@H]2CC[C@@H]2[C@@]3(C)CCCC(C)(C)[C@@H]3CC[C@]21C)OC(C)=O. The zero-order chi connectivity index (χ0) is 37.7. The summed E-state index contributed by atoms with van der Waals surface area (Å²) in [5.74, 6) is 1.68. The minimum atomic E-state index is -1.10. The molecule has 5 aliphatic rings. The average Bonchev–Trinajstić information content (AvgIpc) is 3.36. The molecule has 0 unspecified atom stereocenters. The Balaban J connectivity index is 1.33. The van der Waals surface area contributed by atoms with E-state index in [4.69, 9.17) is 18.9 Å². The van der Waals surface area contributed by atoms with Gasteiger partial charge in [0.2, 0.25) is 0 Å². The summed E-state index contributed by atoms with van der Waals surface area (Å²) in [4.78, 5) is 48.3. The fourth-order valence-corrected chi connectivity index (χ4v) is 14.4. The summed E-state index contributed by atoms with van der Waals surface area (Å²) in [5.41, 5.74) is 1.92. The minimum Gasteiger partial charge on any atom is -0.462 e. The second-order valence-electron chi connectivity index (χ2n) is 19.5. The second-order valence-corrected chi connectivity index (χ2v) is 19.5. The van der Waals surface area contributed by atoms with Crippen LogP contribution in [0.4, 0.5) is 0 Å². The van der Waals surface area contributed by atoms with Crippen LogP contribution in [0.15, 0.2) is 0 Å². The maximum absolute atomic E-state index is 12.4. The first-order valence-corrected chi connectivity index (χ1v) is 20.3. The van der Waals surface area contributed by atoms with E-state index in [0.29, 0.717) is 51.2 Å². The van der Waals surface area contributed by atoms with Crippen LogP contribution in [0, 0.1) is 62.6 Å². The van der Waals surface area contributed by atoms with Crippen LogP contribution in [0.1, 0.15) is 160 Å². The Bertz CT molecular complexity index is 1320. The highest BCUT2D eigenvalue weighted by Crippen LogP contribution is 2.78. The molecule has 0 amide bonds. The maximum Gasteiger partial charge on any atom is 0.303 e. The van der Waals surface area contributed by atoms with Gasteiger partial charge in [-0.1, -0.05) is 54.9 Å². The quantitative estimate of drug-likeness (QED) is 0.154. The lowest BCUT2D eigenvalue weighted by Crippen LogP contribution is -2.65. The third kappa shape index (κ3) is 7.25. The van der Waals surface area contributed by atoms with Crippen molar-refractivity contribution in [2.45, 2.75) is 178 Å². The fraction of sp³-hybridized carbons (Fsp3) is 0.907. The van der Waals surface area contributed by atoms with Crippen LogP contribution in [0.5, 0.6) is 0 Å². The second kappa shape index (κ2) is 14.6. The van der Waals surface area contributed by atoms with Crippen LogP contribution in [-0.2, 0) is 38.1 Å². The molecule has 8 heteroatoms. The molecule has 5 rings (SSSR count). The number of hydrogen-bond donors (Lipinski definition) is 0. The summed E-state index contributed by atoms with van der Waals surface area (Å²) in [6, 6.07) is 0. The summed E-state index contributed by atoms with van der Waals surface area (Å²) in [6.07, 6.45) is 12.8. The van der Waals surface area contributed by atoms with Gasteiger partial charge >= 0.3 is 23.9 Å². The topological polar surface area (TPSA) is 105 Å². The Morgan fingerprint density at radius 3 is 1.75 bits per heavy atom. The first-order valence-electron chi connectivity index (χ1n) is 20.3. The van der Waals surface area contributed by atoms with Crippen LogP contribution in [0.25, 0.3) is 0 Å². The smallest absolute Gasteiger partial charge is 0.303 e. The van der Waals surface area contributed by atoms with Crippen molar-refractivity contribution in [3.8, 4) is 0 Å². The van der Waals surface area contributed by atoms with Gasteiger partial charge in [-0.15, -0.1) is 0 Å². The van der Waals surface area contributed by atoms with Gasteiger partial charge in [-0.3, -0.25) is 19.2 Å². The van der Waals surface area contributed by atoms with Crippen molar-refractivity contribution in [3.63, 3.8) is 0 Å². The van der Waals surface area contributed by atoms with Crippen molar-refractivity contribution in [1.29, 1.82) is 0 Å². The van der Waals surface area contributed by atoms with Gasteiger partial charge in [0.25, 0.3) is 0 Å². The number of ether oxygens (including phenoxy) is 4. The van der Waals surface area contributed by atoms with E-state index in [2.05, 4.69) is 48.5 Å². The molecule has 0 aromatic heterocycles. The van der Waals surface area contributed by atoms with E-state index in [1.54, 1.807) is 0 Å². The van der Waals surface area contributed by atoms with E-state index in [9.17, 15) is 19.2 Å². The van der Waals surface area contributed by atoms with Gasteiger partial charge in [-0.05, 0) is 140 Å². The van der Waals surface area contributed by atoms with E-state index < -0.39 is 42.2 Å². The highest BCUT2D eigenvalue weighted by atomic mass is 16.6.